The number of benzene rings is 2. The van der Waals surface area contributed by atoms with Gasteiger partial charge in [0.25, 0.3) is 0 Å². The zero-order chi connectivity index (χ0) is 18.4. The summed E-state index contributed by atoms with van der Waals surface area (Å²) in [7, 11) is 3.22. The zero-order valence-corrected chi connectivity index (χ0v) is 16.1. The summed E-state index contributed by atoms with van der Waals surface area (Å²) < 4.78 is 21.5. The molecule has 2 aromatic carbocycles. The van der Waals surface area contributed by atoms with Gasteiger partial charge in [-0.15, -0.1) is 0 Å². The van der Waals surface area contributed by atoms with Crippen molar-refractivity contribution < 1.29 is 18.9 Å². The van der Waals surface area contributed by atoms with Gasteiger partial charge in [0.15, 0.2) is 11.5 Å². The number of hydrogen-bond acceptors (Lipinski definition) is 4. The molecule has 0 N–H and O–H groups in total. The molecule has 3 rings (SSSR count). The predicted octanol–water partition coefficient (Wildman–Crippen LogP) is 3.97. The first-order chi connectivity index (χ1) is 12.7. The summed E-state index contributed by atoms with van der Waals surface area (Å²) in [5, 5.41) is 0.829. The van der Waals surface area contributed by atoms with Crippen molar-refractivity contribution in [2.45, 2.75) is 6.42 Å². The van der Waals surface area contributed by atoms with Crippen LogP contribution >= 0.6 is 15.9 Å². The molecule has 0 aliphatic carbocycles. The maximum Gasteiger partial charge on any atom is 0.231 e. The van der Waals surface area contributed by atoms with Crippen molar-refractivity contribution in [3.05, 3.63) is 47.0 Å². The standard InChI is InChI=1S/C21H17BrO4/c1-23-18-9-15(10-19(13-18)24-2)6-7-17-12-21-20(25-14-26-21)11-16(17)5-3-4-8-22/h9-13H,4,8,14H2,1-2H3. The lowest BCUT2D eigenvalue weighted by Crippen LogP contribution is -1.92. The van der Waals surface area contributed by atoms with Gasteiger partial charge in [-0.2, -0.15) is 0 Å². The third-order valence-corrected chi connectivity index (χ3v) is 4.04. The number of hydrogen-bond donors (Lipinski definition) is 0. The number of alkyl halides is 1. The van der Waals surface area contributed by atoms with Crippen LogP contribution < -0.4 is 18.9 Å². The van der Waals surface area contributed by atoms with Crippen LogP contribution in [0.4, 0.5) is 0 Å². The van der Waals surface area contributed by atoms with E-state index in [0.29, 0.717) is 23.0 Å². The summed E-state index contributed by atoms with van der Waals surface area (Å²) in [4.78, 5) is 0. The van der Waals surface area contributed by atoms with Gasteiger partial charge in [0.2, 0.25) is 6.79 Å². The zero-order valence-electron chi connectivity index (χ0n) is 14.5. The Hall–Kier alpha value is -2.76. The van der Waals surface area contributed by atoms with E-state index in [-0.39, 0.29) is 6.79 Å². The Morgan fingerprint density at radius 3 is 2.08 bits per heavy atom. The van der Waals surface area contributed by atoms with Gasteiger partial charge in [0.1, 0.15) is 11.5 Å². The maximum atomic E-state index is 5.46. The molecule has 0 atom stereocenters. The average Bonchev–Trinajstić information content (AvgIpc) is 3.13. The first-order valence-corrected chi connectivity index (χ1v) is 9.09. The van der Waals surface area contributed by atoms with Crippen LogP contribution in [0.1, 0.15) is 23.1 Å². The number of rotatable bonds is 3. The molecule has 26 heavy (non-hydrogen) atoms. The minimum Gasteiger partial charge on any atom is -0.497 e. The Kier molecular flexibility index (Phi) is 5.94. The molecule has 0 spiro atoms. The number of halogens is 1. The van der Waals surface area contributed by atoms with Crippen molar-refractivity contribution in [3.63, 3.8) is 0 Å². The summed E-state index contributed by atoms with van der Waals surface area (Å²) in [6.45, 7) is 0.216. The summed E-state index contributed by atoms with van der Waals surface area (Å²) in [6, 6.07) is 9.27. The normalized spacial score (nSPS) is 11.0. The van der Waals surface area contributed by atoms with Crippen LogP contribution in [0.2, 0.25) is 0 Å². The molecule has 0 fully saturated rings. The summed E-state index contributed by atoms with van der Waals surface area (Å²) in [5.74, 6) is 15.4. The van der Waals surface area contributed by atoms with Crippen molar-refractivity contribution in [1.82, 2.24) is 0 Å². The highest BCUT2D eigenvalue weighted by molar-refractivity contribution is 9.09. The highest BCUT2D eigenvalue weighted by Crippen LogP contribution is 2.34. The van der Waals surface area contributed by atoms with Crippen molar-refractivity contribution >= 4 is 15.9 Å². The van der Waals surface area contributed by atoms with Crippen molar-refractivity contribution in [1.29, 1.82) is 0 Å². The molecule has 0 unspecified atom stereocenters. The highest BCUT2D eigenvalue weighted by atomic mass is 79.9. The molecule has 0 radical (unpaired) electrons. The quantitative estimate of drug-likeness (QED) is 0.564. The third-order valence-electron chi connectivity index (χ3n) is 3.65. The fourth-order valence-electron chi connectivity index (χ4n) is 2.37. The van der Waals surface area contributed by atoms with Crippen LogP contribution in [0, 0.1) is 23.7 Å². The minimum absolute atomic E-state index is 0.216. The molecule has 0 amide bonds. The lowest BCUT2D eigenvalue weighted by Gasteiger charge is -2.05. The fraction of sp³-hybridized carbons (Fsp3) is 0.238. The van der Waals surface area contributed by atoms with E-state index in [9.17, 15) is 0 Å². The minimum atomic E-state index is 0.216. The van der Waals surface area contributed by atoms with E-state index >= 15 is 0 Å². The van der Waals surface area contributed by atoms with Gasteiger partial charge in [-0.05, 0) is 12.1 Å². The molecule has 0 saturated carbocycles. The number of methoxy groups -OCH3 is 2. The van der Waals surface area contributed by atoms with Crippen molar-refractivity contribution in [3.8, 4) is 46.7 Å². The van der Waals surface area contributed by atoms with E-state index in [0.717, 1.165) is 28.4 Å². The van der Waals surface area contributed by atoms with Crippen LogP contribution in [-0.2, 0) is 0 Å². The molecule has 132 valence electrons. The van der Waals surface area contributed by atoms with E-state index in [4.69, 9.17) is 18.9 Å². The second-order valence-electron chi connectivity index (χ2n) is 5.34. The molecule has 1 aliphatic rings. The van der Waals surface area contributed by atoms with E-state index in [1.807, 2.05) is 30.3 Å². The van der Waals surface area contributed by atoms with E-state index in [1.165, 1.54) is 0 Å². The van der Waals surface area contributed by atoms with E-state index in [1.54, 1.807) is 14.2 Å². The Labute approximate surface area is 161 Å². The van der Waals surface area contributed by atoms with Crippen LogP contribution in [0.3, 0.4) is 0 Å². The van der Waals surface area contributed by atoms with Gasteiger partial charge in [0.05, 0.1) is 14.2 Å². The third kappa shape index (κ3) is 4.25. The second kappa shape index (κ2) is 8.56. The number of fused-ring (bicyclic) bond motifs is 1. The molecule has 5 heteroatoms. The average molecular weight is 413 g/mol. The molecule has 0 saturated heterocycles. The largest absolute Gasteiger partial charge is 0.497 e. The molecule has 1 heterocycles. The van der Waals surface area contributed by atoms with Gasteiger partial charge >= 0.3 is 0 Å². The lowest BCUT2D eigenvalue weighted by molar-refractivity contribution is 0.174. The Morgan fingerprint density at radius 1 is 0.885 bits per heavy atom. The first-order valence-electron chi connectivity index (χ1n) is 7.97. The van der Waals surface area contributed by atoms with E-state index < -0.39 is 0 Å². The van der Waals surface area contributed by atoms with Gasteiger partial charge in [-0.3, -0.25) is 0 Å². The molecule has 0 bridgehead atoms. The molecular formula is C21H17BrO4. The Morgan fingerprint density at radius 2 is 1.50 bits per heavy atom. The van der Waals surface area contributed by atoms with Gasteiger partial charge in [-0.25, -0.2) is 0 Å². The lowest BCUT2D eigenvalue weighted by atomic mass is 10.1. The fourth-order valence-corrected chi connectivity index (χ4v) is 2.57. The topological polar surface area (TPSA) is 36.9 Å². The van der Waals surface area contributed by atoms with Gasteiger partial charge in [-0.1, -0.05) is 39.6 Å². The van der Waals surface area contributed by atoms with Crippen molar-refractivity contribution in [2.75, 3.05) is 26.3 Å². The predicted molar refractivity (Wildman–Crippen MR) is 103 cm³/mol. The van der Waals surface area contributed by atoms with Crippen LogP contribution in [0.5, 0.6) is 23.0 Å². The molecule has 0 aromatic heterocycles. The van der Waals surface area contributed by atoms with Crippen molar-refractivity contribution in [2.24, 2.45) is 0 Å². The molecular weight excluding hydrogens is 396 g/mol. The van der Waals surface area contributed by atoms with Gasteiger partial charge < -0.3 is 18.9 Å². The SMILES string of the molecule is COc1cc(C#Cc2cc3c(cc2C#CCCBr)OCO3)cc(OC)c1. The smallest absolute Gasteiger partial charge is 0.231 e. The van der Waals surface area contributed by atoms with Crippen LogP contribution in [0.15, 0.2) is 30.3 Å². The summed E-state index contributed by atoms with van der Waals surface area (Å²) >= 11 is 3.38. The summed E-state index contributed by atoms with van der Waals surface area (Å²) in [5.41, 5.74) is 2.40. The monoisotopic (exact) mass is 412 g/mol. The Balaban J connectivity index is 2.00. The first kappa shape index (κ1) is 18.0. The van der Waals surface area contributed by atoms with E-state index in [2.05, 4.69) is 39.6 Å². The molecule has 4 nitrogen and oxygen atoms in total. The highest BCUT2D eigenvalue weighted by Gasteiger charge is 2.15. The molecule has 1 aliphatic heterocycles. The number of ether oxygens (including phenoxy) is 4. The maximum absolute atomic E-state index is 5.46. The van der Waals surface area contributed by atoms with Gasteiger partial charge in [0, 0.05) is 46.6 Å². The Bertz CT molecular complexity index is 906. The second-order valence-corrected chi connectivity index (χ2v) is 6.14. The summed E-state index contributed by atoms with van der Waals surface area (Å²) in [6.07, 6.45) is 0.758. The van der Waals surface area contributed by atoms with Crippen LogP contribution in [-0.4, -0.2) is 26.3 Å². The molecule has 2 aromatic rings. The van der Waals surface area contributed by atoms with Crippen LogP contribution in [0.25, 0.3) is 0 Å².